The third-order valence-electron chi connectivity index (χ3n) is 3.29. The van der Waals surface area contributed by atoms with Crippen LogP contribution >= 0.6 is 0 Å². The Morgan fingerprint density at radius 3 is 2.57 bits per heavy atom. The van der Waals surface area contributed by atoms with Crippen molar-refractivity contribution in [3.63, 3.8) is 0 Å². The summed E-state index contributed by atoms with van der Waals surface area (Å²) >= 11 is 0. The van der Waals surface area contributed by atoms with E-state index in [2.05, 4.69) is 20.3 Å². The zero-order valence-electron chi connectivity index (χ0n) is 11.4. The minimum Gasteiger partial charge on any atom is -0.378 e. The van der Waals surface area contributed by atoms with Crippen LogP contribution in [0.2, 0.25) is 0 Å². The van der Waals surface area contributed by atoms with Gasteiger partial charge in [0.1, 0.15) is 0 Å². The first-order chi connectivity index (χ1) is 10.1. The van der Waals surface area contributed by atoms with Crippen molar-refractivity contribution in [3.05, 3.63) is 69.0 Å². The van der Waals surface area contributed by atoms with Gasteiger partial charge in [0.25, 0.3) is 0 Å². The van der Waals surface area contributed by atoms with E-state index in [1.807, 2.05) is 25.1 Å². The van der Waals surface area contributed by atoms with Crippen LogP contribution in [-0.4, -0.2) is 15.0 Å². The third-order valence-corrected chi connectivity index (χ3v) is 3.29. The molecular weight excluding hydrogens is 268 g/mol. The van der Waals surface area contributed by atoms with Crippen LogP contribution in [0.4, 0.5) is 5.69 Å². The number of H-pyrrole nitrogens is 2. The Kier molecular flexibility index (Phi) is 3.27. The zero-order chi connectivity index (χ0) is 14.8. The lowest BCUT2D eigenvalue weighted by atomic mass is 10.1. The van der Waals surface area contributed by atoms with Gasteiger partial charge in [0.05, 0.1) is 17.1 Å². The second-order valence-electron chi connectivity index (χ2n) is 4.82. The molecule has 3 aromatic rings. The summed E-state index contributed by atoms with van der Waals surface area (Å²) < 4.78 is 0. The number of hydrogen-bond donors (Lipinski definition) is 3. The lowest BCUT2D eigenvalue weighted by Crippen LogP contribution is -2.28. The SMILES string of the molecule is CC(Nc1ccc2[nH]c(=O)c(=O)[nH]c2c1)c1cccnc1. The van der Waals surface area contributed by atoms with E-state index in [1.54, 1.807) is 24.5 Å². The van der Waals surface area contributed by atoms with Crippen LogP contribution in [0.3, 0.4) is 0 Å². The fourth-order valence-electron chi connectivity index (χ4n) is 2.17. The Bertz CT molecular complexity index is 883. The van der Waals surface area contributed by atoms with Crippen LogP contribution in [0.15, 0.2) is 52.3 Å². The lowest BCUT2D eigenvalue weighted by molar-refractivity contribution is 0.876. The van der Waals surface area contributed by atoms with Crippen molar-refractivity contribution in [2.75, 3.05) is 5.32 Å². The van der Waals surface area contributed by atoms with Gasteiger partial charge in [0.2, 0.25) is 0 Å². The van der Waals surface area contributed by atoms with E-state index < -0.39 is 11.1 Å². The first-order valence-electron chi connectivity index (χ1n) is 6.56. The highest BCUT2D eigenvalue weighted by atomic mass is 16.2. The van der Waals surface area contributed by atoms with Crippen LogP contribution < -0.4 is 16.4 Å². The molecule has 21 heavy (non-hydrogen) atoms. The number of nitrogens with zero attached hydrogens (tertiary/aromatic N) is 1. The van der Waals surface area contributed by atoms with Crippen LogP contribution in [0, 0.1) is 0 Å². The number of fused-ring (bicyclic) bond motifs is 1. The molecule has 0 radical (unpaired) electrons. The molecule has 0 amide bonds. The first kappa shape index (κ1) is 13.1. The molecule has 0 saturated heterocycles. The molecule has 2 aromatic heterocycles. The van der Waals surface area contributed by atoms with E-state index in [0.717, 1.165) is 11.3 Å². The summed E-state index contributed by atoms with van der Waals surface area (Å²) in [6.07, 6.45) is 3.53. The number of rotatable bonds is 3. The predicted octanol–water partition coefficient (Wildman–Crippen LogP) is 1.78. The monoisotopic (exact) mass is 282 g/mol. The van der Waals surface area contributed by atoms with E-state index in [1.165, 1.54) is 0 Å². The molecule has 3 rings (SSSR count). The molecule has 106 valence electrons. The third kappa shape index (κ3) is 2.69. The molecule has 3 N–H and O–H groups in total. The van der Waals surface area contributed by atoms with Gasteiger partial charge in [-0.3, -0.25) is 14.6 Å². The molecule has 6 nitrogen and oxygen atoms in total. The van der Waals surface area contributed by atoms with Gasteiger partial charge in [-0.1, -0.05) is 6.07 Å². The van der Waals surface area contributed by atoms with E-state index in [0.29, 0.717) is 11.0 Å². The molecule has 0 fully saturated rings. The van der Waals surface area contributed by atoms with Gasteiger partial charge < -0.3 is 15.3 Å². The second kappa shape index (κ2) is 5.24. The summed E-state index contributed by atoms with van der Waals surface area (Å²) in [5.74, 6) is 0. The number of nitrogens with one attached hydrogen (secondary N) is 3. The Morgan fingerprint density at radius 1 is 1.10 bits per heavy atom. The topological polar surface area (TPSA) is 90.6 Å². The van der Waals surface area contributed by atoms with Crippen LogP contribution in [0.25, 0.3) is 11.0 Å². The van der Waals surface area contributed by atoms with Crippen LogP contribution in [0.1, 0.15) is 18.5 Å². The molecule has 0 saturated carbocycles. The van der Waals surface area contributed by atoms with Gasteiger partial charge in [0.15, 0.2) is 0 Å². The minimum atomic E-state index is -0.653. The molecule has 0 aliphatic carbocycles. The number of benzene rings is 1. The van der Waals surface area contributed by atoms with Gasteiger partial charge in [0, 0.05) is 18.1 Å². The molecular formula is C15H14N4O2. The maximum absolute atomic E-state index is 11.4. The van der Waals surface area contributed by atoms with Crippen LogP contribution in [-0.2, 0) is 0 Å². The fourth-order valence-corrected chi connectivity index (χ4v) is 2.17. The highest BCUT2D eigenvalue weighted by Gasteiger charge is 2.06. The van der Waals surface area contributed by atoms with E-state index in [-0.39, 0.29) is 6.04 Å². The summed E-state index contributed by atoms with van der Waals surface area (Å²) in [5.41, 5.74) is 1.79. The van der Waals surface area contributed by atoms with Crippen molar-refractivity contribution >= 4 is 16.7 Å². The fraction of sp³-hybridized carbons (Fsp3) is 0.133. The Labute approximate surface area is 119 Å². The van der Waals surface area contributed by atoms with Gasteiger partial charge in [-0.05, 0) is 36.8 Å². The Balaban J connectivity index is 1.93. The molecule has 0 aliphatic heterocycles. The number of anilines is 1. The molecule has 0 spiro atoms. The number of pyridine rings is 1. The second-order valence-corrected chi connectivity index (χ2v) is 4.82. The molecule has 1 aromatic carbocycles. The predicted molar refractivity (Wildman–Crippen MR) is 81.5 cm³/mol. The van der Waals surface area contributed by atoms with Crippen molar-refractivity contribution in [1.82, 2.24) is 15.0 Å². The molecule has 1 unspecified atom stereocenters. The molecule has 6 heteroatoms. The Hall–Kier alpha value is -2.89. The summed E-state index contributed by atoms with van der Waals surface area (Å²) in [6, 6.07) is 9.35. The summed E-state index contributed by atoms with van der Waals surface area (Å²) in [6.45, 7) is 2.02. The van der Waals surface area contributed by atoms with Crippen molar-refractivity contribution in [3.8, 4) is 0 Å². The van der Waals surface area contributed by atoms with E-state index >= 15 is 0 Å². The summed E-state index contributed by atoms with van der Waals surface area (Å²) in [5, 5.41) is 3.33. The largest absolute Gasteiger partial charge is 0.378 e. The van der Waals surface area contributed by atoms with Crippen molar-refractivity contribution < 1.29 is 0 Å². The van der Waals surface area contributed by atoms with Crippen molar-refractivity contribution in [2.45, 2.75) is 13.0 Å². The number of aromatic nitrogens is 3. The standard InChI is InChI=1S/C15H14N4O2/c1-9(10-3-2-6-16-8-10)17-11-4-5-12-13(7-11)19-15(21)14(20)18-12/h2-9,17H,1H3,(H,18,20)(H,19,21). The first-order valence-corrected chi connectivity index (χ1v) is 6.56. The highest BCUT2D eigenvalue weighted by Crippen LogP contribution is 2.20. The maximum Gasteiger partial charge on any atom is 0.314 e. The average molecular weight is 282 g/mol. The Morgan fingerprint density at radius 2 is 1.86 bits per heavy atom. The lowest BCUT2D eigenvalue weighted by Gasteiger charge is -2.15. The molecule has 1 atom stereocenters. The smallest absolute Gasteiger partial charge is 0.314 e. The minimum absolute atomic E-state index is 0.0747. The normalized spacial score (nSPS) is 12.2. The molecule has 0 aliphatic rings. The van der Waals surface area contributed by atoms with Gasteiger partial charge >= 0.3 is 11.1 Å². The summed E-state index contributed by atoms with van der Waals surface area (Å²) in [7, 11) is 0. The number of hydrogen-bond acceptors (Lipinski definition) is 4. The van der Waals surface area contributed by atoms with Gasteiger partial charge in [-0.2, -0.15) is 0 Å². The highest BCUT2D eigenvalue weighted by molar-refractivity contribution is 5.78. The van der Waals surface area contributed by atoms with E-state index in [4.69, 9.17) is 0 Å². The van der Waals surface area contributed by atoms with Crippen molar-refractivity contribution in [1.29, 1.82) is 0 Å². The van der Waals surface area contributed by atoms with Gasteiger partial charge in [-0.15, -0.1) is 0 Å². The van der Waals surface area contributed by atoms with Crippen LogP contribution in [0.5, 0.6) is 0 Å². The number of aromatic amines is 2. The zero-order valence-corrected chi connectivity index (χ0v) is 11.4. The van der Waals surface area contributed by atoms with E-state index in [9.17, 15) is 9.59 Å². The summed E-state index contributed by atoms with van der Waals surface area (Å²) in [4.78, 5) is 31.8. The quantitative estimate of drug-likeness (QED) is 0.639. The molecule has 2 heterocycles. The molecule has 0 bridgehead atoms. The average Bonchev–Trinajstić information content (AvgIpc) is 2.49. The van der Waals surface area contributed by atoms with Crippen molar-refractivity contribution in [2.24, 2.45) is 0 Å². The maximum atomic E-state index is 11.4. The van der Waals surface area contributed by atoms with Gasteiger partial charge in [-0.25, -0.2) is 0 Å².